The number of amides is 1. The first-order chi connectivity index (χ1) is 10.8. The maximum atomic E-state index is 11.9. The fourth-order valence-corrected chi connectivity index (χ4v) is 2.71. The second-order valence-electron chi connectivity index (χ2n) is 5.42. The van der Waals surface area contributed by atoms with E-state index in [1.54, 1.807) is 6.20 Å². The molecule has 0 aliphatic carbocycles. The Morgan fingerprint density at radius 2 is 2.18 bits per heavy atom. The Balaban J connectivity index is 1.61. The molecule has 1 aromatic heterocycles. The number of benzene rings is 1. The van der Waals surface area contributed by atoms with Gasteiger partial charge >= 0.3 is 0 Å². The minimum Gasteiger partial charge on any atom is -0.342 e. The van der Waals surface area contributed by atoms with Gasteiger partial charge in [0.2, 0.25) is 5.91 Å². The summed E-state index contributed by atoms with van der Waals surface area (Å²) in [6.07, 6.45) is 2.90. The summed E-state index contributed by atoms with van der Waals surface area (Å²) in [5, 5.41) is 3.55. The van der Waals surface area contributed by atoms with Crippen LogP contribution in [0.4, 0.5) is 0 Å². The summed E-state index contributed by atoms with van der Waals surface area (Å²) in [6.45, 7) is 1.66. The van der Waals surface area contributed by atoms with Crippen molar-refractivity contribution < 1.29 is 4.79 Å². The highest BCUT2D eigenvalue weighted by Crippen LogP contribution is 2.18. The predicted molar refractivity (Wildman–Crippen MR) is 81.9 cm³/mol. The second kappa shape index (κ2) is 6.41. The third kappa shape index (κ3) is 3.15. The maximum Gasteiger partial charge on any atom is 0.222 e. The van der Waals surface area contributed by atoms with E-state index in [0.29, 0.717) is 32.5 Å². The van der Waals surface area contributed by atoms with Crippen molar-refractivity contribution >= 4 is 16.9 Å². The van der Waals surface area contributed by atoms with Gasteiger partial charge in [-0.05, 0) is 23.6 Å². The Morgan fingerprint density at radius 3 is 3.00 bits per heavy atom. The van der Waals surface area contributed by atoms with Crippen molar-refractivity contribution in [2.45, 2.75) is 12.8 Å². The highest BCUT2D eigenvalue weighted by molar-refractivity contribution is 5.78. The smallest absolute Gasteiger partial charge is 0.222 e. The fourth-order valence-electron chi connectivity index (χ4n) is 2.71. The number of hydrogen-bond acceptors (Lipinski definition) is 4. The van der Waals surface area contributed by atoms with Gasteiger partial charge in [-0.2, -0.15) is 0 Å². The number of para-hydroxylation sites is 2. The van der Waals surface area contributed by atoms with E-state index in [2.05, 4.69) is 20.0 Å². The van der Waals surface area contributed by atoms with E-state index in [1.165, 1.54) is 0 Å². The van der Waals surface area contributed by atoms with E-state index in [-0.39, 0.29) is 11.8 Å². The zero-order valence-electron chi connectivity index (χ0n) is 12.1. The van der Waals surface area contributed by atoms with Crippen molar-refractivity contribution in [2.24, 2.45) is 11.0 Å². The van der Waals surface area contributed by atoms with E-state index >= 15 is 0 Å². The summed E-state index contributed by atoms with van der Waals surface area (Å²) in [4.78, 5) is 25.4. The fraction of sp³-hybridized carbons (Fsp3) is 0.400. The molecule has 0 bridgehead atoms. The lowest BCUT2D eigenvalue weighted by Gasteiger charge is -2.15. The zero-order valence-corrected chi connectivity index (χ0v) is 12.1. The van der Waals surface area contributed by atoms with E-state index in [1.807, 2.05) is 29.2 Å². The molecule has 1 saturated heterocycles. The first-order valence-corrected chi connectivity index (χ1v) is 7.25. The molecule has 2 heterocycles. The minimum absolute atomic E-state index is 0.117. The van der Waals surface area contributed by atoms with Crippen molar-refractivity contribution in [1.82, 2.24) is 14.9 Å². The Labute approximate surface area is 127 Å². The Kier molecular flexibility index (Phi) is 4.16. The van der Waals surface area contributed by atoms with E-state index in [9.17, 15) is 4.79 Å². The summed E-state index contributed by atoms with van der Waals surface area (Å²) in [7, 11) is 0. The molecule has 1 fully saturated rings. The van der Waals surface area contributed by atoms with Crippen LogP contribution in [0, 0.1) is 5.92 Å². The van der Waals surface area contributed by atoms with Crippen LogP contribution in [0.25, 0.3) is 21.5 Å². The lowest BCUT2D eigenvalue weighted by molar-refractivity contribution is -0.127. The Hall–Kier alpha value is -2.66. The Bertz CT molecular complexity index is 740. The van der Waals surface area contributed by atoms with Crippen LogP contribution in [0.2, 0.25) is 0 Å². The molecule has 0 radical (unpaired) electrons. The van der Waals surface area contributed by atoms with Crippen molar-refractivity contribution in [2.75, 3.05) is 19.6 Å². The Morgan fingerprint density at radius 1 is 1.36 bits per heavy atom. The predicted octanol–water partition coefficient (Wildman–Crippen LogP) is 2.33. The monoisotopic (exact) mass is 296 g/mol. The standard InChI is InChI=1S/C15H16N6O/c16-20-18-8-11-7-15(22)21(10-11)6-5-12-9-17-13-3-1-2-4-14(13)19-12/h1-4,9,11H,5-8,10H2. The summed E-state index contributed by atoms with van der Waals surface area (Å²) in [5.41, 5.74) is 11.0. The van der Waals surface area contributed by atoms with Gasteiger partial charge in [0.1, 0.15) is 0 Å². The zero-order chi connectivity index (χ0) is 15.4. The molecule has 0 spiro atoms. The van der Waals surface area contributed by atoms with Crippen molar-refractivity contribution in [3.8, 4) is 0 Å². The lowest BCUT2D eigenvalue weighted by Crippen LogP contribution is -2.28. The largest absolute Gasteiger partial charge is 0.342 e. The van der Waals surface area contributed by atoms with Gasteiger partial charge in [0.25, 0.3) is 0 Å². The molecular weight excluding hydrogens is 280 g/mol. The van der Waals surface area contributed by atoms with Gasteiger partial charge in [0, 0.05) is 43.6 Å². The molecule has 0 N–H and O–H groups in total. The average molecular weight is 296 g/mol. The number of nitrogens with zero attached hydrogens (tertiary/aromatic N) is 6. The molecule has 2 aromatic rings. The highest BCUT2D eigenvalue weighted by atomic mass is 16.2. The minimum atomic E-state index is 0.117. The van der Waals surface area contributed by atoms with Gasteiger partial charge in [-0.25, -0.2) is 4.98 Å². The SMILES string of the molecule is [N-]=[N+]=NCC1CC(=O)N(CCc2cnc3ccccc3n2)C1. The van der Waals surface area contributed by atoms with Crippen LogP contribution in [0.1, 0.15) is 12.1 Å². The van der Waals surface area contributed by atoms with Crippen LogP contribution < -0.4 is 0 Å². The molecule has 112 valence electrons. The van der Waals surface area contributed by atoms with Crippen LogP contribution in [0.3, 0.4) is 0 Å². The summed E-state index contributed by atoms with van der Waals surface area (Å²) >= 11 is 0. The normalized spacial score (nSPS) is 17.7. The molecule has 0 saturated carbocycles. The molecule has 1 aliphatic rings. The molecule has 7 nitrogen and oxygen atoms in total. The molecule has 1 aliphatic heterocycles. The van der Waals surface area contributed by atoms with Crippen LogP contribution in [-0.4, -0.2) is 40.4 Å². The van der Waals surface area contributed by atoms with Crippen molar-refractivity contribution in [3.05, 3.63) is 46.6 Å². The topological polar surface area (TPSA) is 94.9 Å². The number of hydrogen-bond donors (Lipinski definition) is 0. The summed E-state index contributed by atoms with van der Waals surface area (Å²) < 4.78 is 0. The molecule has 7 heteroatoms. The number of aromatic nitrogens is 2. The van der Waals surface area contributed by atoms with Gasteiger partial charge < -0.3 is 4.90 Å². The van der Waals surface area contributed by atoms with E-state index in [4.69, 9.17) is 5.53 Å². The second-order valence-corrected chi connectivity index (χ2v) is 5.42. The van der Waals surface area contributed by atoms with Gasteiger partial charge in [-0.1, -0.05) is 17.2 Å². The van der Waals surface area contributed by atoms with Gasteiger partial charge in [0.15, 0.2) is 0 Å². The quantitative estimate of drug-likeness (QED) is 0.481. The van der Waals surface area contributed by atoms with Crippen molar-refractivity contribution in [3.63, 3.8) is 0 Å². The van der Waals surface area contributed by atoms with Crippen LogP contribution in [-0.2, 0) is 11.2 Å². The van der Waals surface area contributed by atoms with Crippen molar-refractivity contribution in [1.29, 1.82) is 0 Å². The number of carbonyl (C=O) groups is 1. The number of azide groups is 1. The third-order valence-electron chi connectivity index (χ3n) is 3.83. The van der Waals surface area contributed by atoms with Gasteiger partial charge in [0.05, 0.1) is 16.7 Å². The van der Waals surface area contributed by atoms with Gasteiger partial charge in [-0.3, -0.25) is 9.78 Å². The number of likely N-dealkylation sites (tertiary alicyclic amines) is 1. The number of carbonyl (C=O) groups excluding carboxylic acids is 1. The number of fused-ring (bicyclic) bond motifs is 1. The van der Waals surface area contributed by atoms with E-state index < -0.39 is 0 Å². The van der Waals surface area contributed by atoms with Gasteiger partial charge in [-0.15, -0.1) is 0 Å². The maximum absolute atomic E-state index is 11.9. The van der Waals surface area contributed by atoms with Crippen LogP contribution in [0.15, 0.2) is 35.6 Å². The molecule has 1 atom stereocenters. The molecular formula is C15H16N6O. The summed E-state index contributed by atoms with van der Waals surface area (Å²) in [6, 6.07) is 7.73. The molecule has 1 unspecified atom stereocenters. The molecule has 22 heavy (non-hydrogen) atoms. The third-order valence-corrected chi connectivity index (χ3v) is 3.83. The first kappa shape index (κ1) is 14.3. The first-order valence-electron chi connectivity index (χ1n) is 7.25. The number of rotatable bonds is 5. The lowest BCUT2D eigenvalue weighted by atomic mass is 10.1. The molecule has 3 rings (SSSR count). The highest BCUT2D eigenvalue weighted by Gasteiger charge is 2.28. The van der Waals surface area contributed by atoms with E-state index in [0.717, 1.165) is 16.7 Å². The average Bonchev–Trinajstić information content (AvgIpc) is 2.90. The molecule has 1 amide bonds. The van der Waals surface area contributed by atoms with Crippen LogP contribution in [0.5, 0.6) is 0 Å². The summed E-state index contributed by atoms with van der Waals surface area (Å²) in [5.74, 6) is 0.248. The van der Waals surface area contributed by atoms with Crippen LogP contribution >= 0.6 is 0 Å². The molecule has 1 aromatic carbocycles.